The predicted octanol–water partition coefficient (Wildman–Crippen LogP) is 2.33. The lowest BCUT2D eigenvalue weighted by atomic mass is 9.83. The molecule has 0 saturated heterocycles. The number of aromatic nitrogens is 1. The molecule has 1 aromatic carbocycles. The predicted molar refractivity (Wildman–Crippen MR) is 94.3 cm³/mol. The van der Waals surface area contributed by atoms with Crippen molar-refractivity contribution >= 4 is 11.4 Å². The summed E-state index contributed by atoms with van der Waals surface area (Å²) in [6.07, 6.45) is 8.74. The maximum Gasteiger partial charge on any atom is 0.0621 e. The Morgan fingerprint density at radius 2 is 2.17 bits per heavy atom. The van der Waals surface area contributed by atoms with Gasteiger partial charge in [-0.1, -0.05) is 24.3 Å². The first-order valence-electron chi connectivity index (χ1n) is 7.97. The average Bonchev–Trinajstić information content (AvgIpc) is 2.60. The molecule has 1 aliphatic rings. The highest BCUT2D eigenvalue weighted by molar-refractivity contribution is 5.73. The number of pyridine rings is 1. The first-order valence-corrected chi connectivity index (χ1v) is 7.97. The van der Waals surface area contributed by atoms with Gasteiger partial charge in [-0.15, -0.1) is 0 Å². The Bertz CT molecular complexity index is 695. The molecule has 0 saturated carbocycles. The monoisotopic (exact) mass is 309 g/mol. The number of nitrogens with two attached hydrogens (primary N) is 2. The Kier molecular flexibility index (Phi) is 4.78. The van der Waals surface area contributed by atoms with Crippen LogP contribution in [0.1, 0.15) is 35.4 Å². The lowest BCUT2D eigenvalue weighted by Crippen LogP contribution is -2.19. The Hall–Kier alpha value is -2.53. The highest BCUT2D eigenvalue weighted by Gasteiger charge is 2.19. The van der Waals surface area contributed by atoms with Crippen LogP contribution in [0, 0.1) is 0 Å². The Balaban J connectivity index is 1.76. The van der Waals surface area contributed by atoms with Crippen LogP contribution in [0.15, 0.2) is 48.9 Å². The summed E-state index contributed by atoms with van der Waals surface area (Å²) in [4.78, 5) is 4.20. The van der Waals surface area contributed by atoms with E-state index in [1.807, 2.05) is 6.07 Å². The summed E-state index contributed by atoms with van der Waals surface area (Å²) >= 11 is 0. The van der Waals surface area contributed by atoms with Crippen molar-refractivity contribution in [2.24, 2.45) is 11.6 Å². The molecule has 1 aromatic heterocycles. The normalized spacial score (nSPS) is 17.4. The second-order valence-electron chi connectivity index (χ2n) is 5.86. The van der Waals surface area contributed by atoms with Crippen LogP contribution in [0.5, 0.6) is 0 Å². The van der Waals surface area contributed by atoms with Gasteiger partial charge in [0.25, 0.3) is 0 Å². The zero-order chi connectivity index (χ0) is 16.1. The van der Waals surface area contributed by atoms with E-state index in [-0.39, 0.29) is 0 Å². The van der Waals surface area contributed by atoms with Crippen molar-refractivity contribution in [3.05, 3.63) is 65.6 Å². The number of nitrogens with one attached hydrogen (secondary N) is 2. The van der Waals surface area contributed by atoms with Gasteiger partial charge in [-0.05, 0) is 36.5 Å². The van der Waals surface area contributed by atoms with E-state index >= 15 is 0 Å². The fourth-order valence-electron chi connectivity index (χ4n) is 3.25. The number of aryl methyl sites for hydroxylation is 1. The molecule has 0 spiro atoms. The number of hydrazine groups is 1. The average molecular weight is 309 g/mol. The SMILES string of the molecule is NN/C=C(\N)c1ccncc1NCC1CCCc2ccccc21. The summed E-state index contributed by atoms with van der Waals surface area (Å²) in [5, 5.41) is 3.51. The third-order valence-corrected chi connectivity index (χ3v) is 4.40. The van der Waals surface area contributed by atoms with Gasteiger partial charge in [0.05, 0.1) is 17.6 Å². The van der Waals surface area contributed by atoms with Gasteiger partial charge in [-0.25, -0.2) is 0 Å². The first kappa shape index (κ1) is 15.4. The van der Waals surface area contributed by atoms with E-state index in [0.717, 1.165) is 17.8 Å². The van der Waals surface area contributed by atoms with Gasteiger partial charge < -0.3 is 16.5 Å². The maximum absolute atomic E-state index is 6.04. The van der Waals surface area contributed by atoms with E-state index in [1.165, 1.54) is 30.4 Å². The number of benzene rings is 1. The quantitative estimate of drug-likeness (QED) is 0.503. The zero-order valence-electron chi connectivity index (χ0n) is 13.1. The van der Waals surface area contributed by atoms with Crippen molar-refractivity contribution in [2.75, 3.05) is 11.9 Å². The number of anilines is 1. The van der Waals surface area contributed by atoms with Gasteiger partial charge in [-0.3, -0.25) is 10.8 Å². The van der Waals surface area contributed by atoms with Crippen LogP contribution in [0.3, 0.4) is 0 Å². The van der Waals surface area contributed by atoms with Crippen LogP contribution in [0.2, 0.25) is 0 Å². The molecule has 1 atom stereocenters. The van der Waals surface area contributed by atoms with Crippen LogP contribution >= 0.6 is 0 Å². The number of rotatable bonds is 5. The molecule has 2 aromatic rings. The third-order valence-electron chi connectivity index (χ3n) is 4.40. The molecule has 6 N–H and O–H groups in total. The summed E-state index contributed by atoms with van der Waals surface area (Å²) in [5.41, 5.74) is 13.9. The minimum absolute atomic E-state index is 0.519. The number of hydrogen-bond acceptors (Lipinski definition) is 5. The van der Waals surface area contributed by atoms with Gasteiger partial charge in [0.2, 0.25) is 0 Å². The fourth-order valence-corrected chi connectivity index (χ4v) is 3.25. The Labute approximate surface area is 136 Å². The molecule has 5 heteroatoms. The molecule has 1 heterocycles. The van der Waals surface area contributed by atoms with Gasteiger partial charge in [-0.2, -0.15) is 0 Å². The van der Waals surface area contributed by atoms with Crippen molar-refractivity contribution in [1.82, 2.24) is 10.4 Å². The zero-order valence-corrected chi connectivity index (χ0v) is 13.1. The molecule has 3 rings (SSSR count). The van der Waals surface area contributed by atoms with E-state index in [4.69, 9.17) is 11.6 Å². The van der Waals surface area contributed by atoms with Crippen molar-refractivity contribution in [3.8, 4) is 0 Å². The minimum Gasteiger partial charge on any atom is -0.397 e. The summed E-state index contributed by atoms with van der Waals surface area (Å²) in [6.45, 7) is 0.874. The minimum atomic E-state index is 0.519. The molecular weight excluding hydrogens is 286 g/mol. The van der Waals surface area contributed by atoms with Crippen molar-refractivity contribution < 1.29 is 0 Å². The maximum atomic E-state index is 6.04. The molecule has 0 fully saturated rings. The molecule has 0 amide bonds. The fraction of sp³-hybridized carbons (Fsp3) is 0.278. The highest BCUT2D eigenvalue weighted by atomic mass is 15.2. The Morgan fingerprint density at radius 1 is 1.30 bits per heavy atom. The number of nitrogens with zero attached hydrogens (tertiary/aromatic N) is 1. The third kappa shape index (κ3) is 3.46. The van der Waals surface area contributed by atoms with Crippen LogP contribution in [0.4, 0.5) is 5.69 Å². The lowest BCUT2D eigenvalue weighted by molar-refractivity contribution is 0.571. The van der Waals surface area contributed by atoms with E-state index in [2.05, 4.69) is 40.0 Å². The smallest absolute Gasteiger partial charge is 0.0621 e. The van der Waals surface area contributed by atoms with Crippen molar-refractivity contribution in [3.63, 3.8) is 0 Å². The largest absolute Gasteiger partial charge is 0.397 e. The van der Waals surface area contributed by atoms with Crippen LogP contribution in [-0.2, 0) is 6.42 Å². The molecular formula is C18H23N5. The van der Waals surface area contributed by atoms with E-state index in [0.29, 0.717) is 11.6 Å². The van der Waals surface area contributed by atoms with Crippen LogP contribution < -0.4 is 22.3 Å². The van der Waals surface area contributed by atoms with Gasteiger partial charge in [0.15, 0.2) is 0 Å². The molecule has 0 bridgehead atoms. The van der Waals surface area contributed by atoms with Crippen molar-refractivity contribution in [2.45, 2.75) is 25.2 Å². The molecule has 0 aliphatic heterocycles. The topological polar surface area (TPSA) is 89.0 Å². The number of hydrogen-bond donors (Lipinski definition) is 4. The first-order chi connectivity index (χ1) is 11.3. The van der Waals surface area contributed by atoms with Crippen molar-refractivity contribution in [1.29, 1.82) is 0 Å². The Morgan fingerprint density at radius 3 is 3.04 bits per heavy atom. The van der Waals surface area contributed by atoms with Gasteiger partial charge in [0.1, 0.15) is 0 Å². The number of fused-ring (bicyclic) bond motifs is 1. The van der Waals surface area contributed by atoms with E-state index in [9.17, 15) is 0 Å². The van der Waals surface area contributed by atoms with Gasteiger partial charge in [0, 0.05) is 30.4 Å². The van der Waals surface area contributed by atoms with Crippen LogP contribution in [-0.4, -0.2) is 11.5 Å². The lowest BCUT2D eigenvalue weighted by Gasteiger charge is -2.26. The summed E-state index contributed by atoms with van der Waals surface area (Å²) in [5.74, 6) is 5.84. The molecule has 0 radical (unpaired) electrons. The van der Waals surface area contributed by atoms with Crippen LogP contribution in [0.25, 0.3) is 5.70 Å². The summed E-state index contributed by atoms with van der Waals surface area (Å²) in [7, 11) is 0. The molecule has 5 nitrogen and oxygen atoms in total. The second-order valence-corrected chi connectivity index (χ2v) is 5.86. The molecule has 120 valence electrons. The highest BCUT2D eigenvalue weighted by Crippen LogP contribution is 2.32. The second kappa shape index (κ2) is 7.15. The van der Waals surface area contributed by atoms with E-state index < -0.39 is 0 Å². The molecule has 1 unspecified atom stereocenters. The molecule has 1 aliphatic carbocycles. The summed E-state index contributed by atoms with van der Waals surface area (Å²) < 4.78 is 0. The molecule has 23 heavy (non-hydrogen) atoms. The standard InChI is InChI=1S/C18H23N5/c19-17(11-23-20)16-8-9-21-12-18(16)22-10-14-6-3-5-13-4-1-2-7-15(13)14/h1-2,4,7-9,11-12,14,22-23H,3,5-6,10,19-20H2/b17-11-. The summed E-state index contributed by atoms with van der Waals surface area (Å²) in [6, 6.07) is 10.6. The van der Waals surface area contributed by atoms with E-state index in [1.54, 1.807) is 18.6 Å². The van der Waals surface area contributed by atoms with Gasteiger partial charge >= 0.3 is 0 Å².